The van der Waals surface area contributed by atoms with Crippen molar-refractivity contribution in [3.05, 3.63) is 28.2 Å². The molecule has 1 aromatic rings. The number of rotatable bonds is 3. The van der Waals surface area contributed by atoms with E-state index in [4.69, 9.17) is 9.31 Å². The highest BCUT2D eigenvalue weighted by Gasteiger charge is 2.52. The molecule has 0 bridgehead atoms. The molecule has 1 aromatic heterocycles. The summed E-state index contributed by atoms with van der Waals surface area (Å²) < 4.78 is 12.0. The van der Waals surface area contributed by atoms with Gasteiger partial charge >= 0.3 is 7.12 Å². The number of hydrogen-bond donors (Lipinski definition) is 2. The normalized spacial score (nSPS) is 20.8. The predicted molar refractivity (Wildman–Crippen MR) is 75.5 cm³/mol. The smallest absolute Gasteiger partial charge is 0.399 e. The van der Waals surface area contributed by atoms with Crippen molar-refractivity contribution in [1.29, 1.82) is 0 Å². The lowest BCUT2D eigenvalue weighted by Gasteiger charge is -2.32. The van der Waals surface area contributed by atoms with Crippen LogP contribution in [-0.2, 0) is 15.9 Å². The highest BCUT2D eigenvalue weighted by molar-refractivity contribution is 6.62. The van der Waals surface area contributed by atoms with E-state index in [0.29, 0.717) is 6.54 Å². The summed E-state index contributed by atoms with van der Waals surface area (Å²) in [4.78, 5) is 14.3. The minimum absolute atomic E-state index is 0.120. The molecule has 1 saturated heterocycles. The monoisotopic (exact) mass is 264 g/mol. The molecule has 2 heterocycles. The van der Waals surface area contributed by atoms with Gasteiger partial charge in [0.05, 0.1) is 11.2 Å². The van der Waals surface area contributed by atoms with Gasteiger partial charge in [-0.05, 0) is 34.7 Å². The molecular weight excluding hydrogens is 243 g/mol. The van der Waals surface area contributed by atoms with E-state index >= 15 is 0 Å². The summed E-state index contributed by atoms with van der Waals surface area (Å²) in [5.74, 6) is 0. The first-order valence-electron chi connectivity index (χ1n) is 6.49. The van der Waals surface area contributed by atoms with Crippen molar-refractivity contribution in [3.8, 4) is 0 Å². The third kappa shape index (κ3) is 2.61. The second kappa shape index (κ2) is 4.78. The van der Waals surface area contributed by atoms with E-state index < -0.39 is 7.12 Å². The van der Waals surface area contributed by atoms with Crippen molar-refractivity contribution < 1.29 is 9.31 Å². The highest BCUT2D eigenvalue weighted by atomic mass is 16.7. The van der Waals surface area contributed by atoms with Crippen LogP contribution in [-0.4, -0.2) is 30.4 Å². The molecule has 0 atom stereocenters. The minimum atomic E-state index is -0.454. The van der Waals surface area contributed by atoms with E-state index in [1.807, 2.05) is 34.7 Å². The first kappa shape index (κ1) is 14.3. The average molecular weight is 264 g/mol. The molecule has 104 valence electrons. The zero-order valence-electron chi connectivity index (χ0n) is 12.2. The molecule has 1 aliphatic heterocycles. The van der Waals surface area contributed by atoms with E-state index in [0.717, 1.165) is 11.2 Å². The standard InChI is InChI=1S/C13H21BN2O3/c1-12(2)13(3,4)19-14(18-12)9-6-7-11(17)16-10(9)8-15-5/h6-7,15H,8H2,1-5H3,(H,16,17). The lowest BCUT2D eigenvalue weighted by Crippen LogP contribution is -2.41. The molecule has 0 spiro atoms. The van der Waals surface area contributed by atoms with Crippen LogP contribution in [0.2, 0.25) is 0 Å². The summed E-state index contributed by atoms with van der Waals surface area (Å²) in [6.45, 7) is 8.61. The summed E-state index contributed by atoms with van der Waals surface area (Å²) in [6.07, 6.45) is 0. The summed E-state index contributed by atoms with van der Waals surface area (Å²) in [7, 11) is 1.38. The number of hydrogen-bond acceptors (Lipinski definition) is 4. The van der Waals surface area contributed by atoms with Gasteiger partial charge in [-0.2, -0.15) is 0 Å². The van der Waals surface area contributed by atoms with Crippen LogP contribution >= 0.6 is 0 Å². The van der Waals surface area contributed by atoms with Crippen molar-refractivity contribution in [2.45, 2.75) is 45.4 Å². The van der Waals surface area contributed by atoms with Crippen molar-refractivity contribution >= 4 is 12.6 Å². The summed E-state index contributed by atoms with van der Waals surface area (Å²) in [6, 6.07) is 3.27. The number of pyridine rings is 1. The fourth-order valence-electron chi connectivity index (χ4n) is 2.04. The molecule has 0 aliphatic carbocycles. The first-order valence-corrected chi connectivity index (χ1v) is 6.49. The third-order valence-electron chi connectivity index (χ3n) is 3.90. The van der Waals surface area contributed by atoms with Crippen molar-refractivity contribution in [1.82, 2.24) is 10.3 Å². The molecule has 0 radical (unpaired) electrons. The number of nitrogens with one attached hydrogen (secondary N) is 2. The summed E-state index contributed by atoms with van der Waals surface area (Å²) >= 11 is 0. The Morgan fingerprint density at radius 3 is 2.32 bits per heavy atom. The fraction of sp³-hybridized carbons (Fsp3) is 0.615. The van der Waals surface area contributed by atoms with Gasteiger partial charge in [0, 0.05) is 23.8 Å². The summed E-state index contributed by atoms with van der Waals surface area (Å²) in [5, 5.41) is 3.04. The van der Waals surface area contributed by atoms with Crippen LogP contribution in [0.1, 0.15) is 33.4 Å². The molecule has 6 heteroatoms. The third-order valence-corrected chi connectivity index (χ3v) is 3.90. The molecular formula is C13H21BN2O3. The second-order valence-corrected chi connectivity index (χ2v) is 5.88. The lowest BCUT2D eigenvalue weighted by atomic mass is 9.77. The quantitative estimate of drug-likeness (QED) is 0.775. The van der Waals surface area contributed by atoms with Gasteiger partial charge in [0.15, 0.2) is 0 Å². The average Bonchev–Trinajstić information content (AvgIpc) is 2.48. The number of H-pyrrole nitrogens is 1. The number of aromatic nitrogens is 1. The molecule has 1 aliphatic rings. The van der Waals surface area contributed by atoms with E-state index in [1.165, 1.54) is 6.07 Å². The molecule has 2 N–H and O–H groups in total. The van der Waals surface area contributed by atoms with Crippen LogP contribution in [0.25, 0.3) is 0 Å². The van der Waals surface area contributed by atoms with Gasteiger partial charge < -0.3 is 19.6 Å². The topological polar surface area (TPSA) is 63.4 Å². The van der Waals surface area contributed by atoms with Crippen LogP contribution in [0.3, 0.4) is 0 Å². The van der Waals surface area contributed by atoms with Gasteiger partial charge in [-0.3, -0.25) is 4.79 Å². The predicted octanol–water partition coefficient (Wildman–Crippen LogP) is 0.394. The zero-order valence-corrected chi connectivity index (χ0v) is 12.2. The Labute approximate surface area is 113 Å². The zero-order chi connectivity index (χ0) is 14.3. The molecule has 0 aromatic carbocycles. The van der Waals surface area contributed by atoms with Crippen LogP contribution in [0, 0.1) is 0 Å². The fourth-order valence-corrected chi connectivity index (χ4v) is 2.04. The van der Waals surface area contributed by atoms with Crippen molar-refractivity contribution in [2.75, 3.05) is 7.05 Å². The Morgan fingerprint density at radius 2 is 1.79 bits per heavy atom. The van der Waals surface area contributed by atoms with E-state index in [9.17, 15) is 4.79 Å². The van der Waals surface area contributed by atoms with Gasteiger partial charge in [0.2, 0.25) is 5.56 Å². The van der Waals surface area contributed by atoms with Crippen molar-refractivity contribution in [3.63, 3.8) is 0 Å². The first-order chi connectivity index (χ1) is 8.77. The summed E-state index contributed by atoms with van der Waals surface area (Å²) in [5.41, 5.74) is 0.779. The van der Waals surface area contributed by atoms with Gasteiger partial charge in [0.1, 0.15) is 0 Å². The van der Waals surface area contributed by atoms with Crippen LogP contribution in [0.5, 0.6) is 0 Å². The SMILES string of the molecule is CNCc1[nH]c(=O)ccc1B1OC(C)(C)C(C)(C)O1. The van der Waals surface area contributed by atoms with Crippen LogP contribution in [0.4, 0.5) is 0 Å². The Balaban J connectivity index is 2.36. The molecule has 0 saturated carbocycles. The minimum Gasteiger partial charge on any atom is -0.399 e. The van der Waals surface area contributed by atoms with Gasteiger partial charge in [0.25, 0.3) is 0 Å². The highest BCUT2D eigenvalue weighted by Crippen LogP contribution is 2.36. The molecule has 2 rings (SSSR count). The molecule has 1 fully saturated rings. The Bertz CT molecular complexity index is 509. The van der Waals surface area contributed by atoms with Crippen LogP contribution < -0.4 is 16.3 Å². The van der Waals surface area contributed by atoms with E-state index in [1.54, 1.807) is 6.07 Å². The van der Waals surface area contributed by atoms with Gasteiger partial charge in [-0.1, -0.05) is 6.07 Å². The molecule has 0 unspecified atom stereocenters. The Kier molecular flexibility index (Phi) is 3.60. The maximum atomic E-state index is 11.4. The van der Waals surface area contributed by atoms with Gasteiger partial charge in [-0.15, -0.1) is 0 Å². The number of aromatic amines is 1. The van der Waals surface area contributed by atoms with Crippen LogP contribution in [0.15, 0.2) is 16.9 Å². The maximum absolute atomic E-state index is 11.4. The molecule has 19 heavy (non-hydrogen) atoms. The Morgan fingerprint density at radius 1 is 1.21 bits per heavy atom. The Hall–Kier alpha value is -1.11. The van der Waals surface area contributed by atoms with Crippen molar-refractivity contribution in [2.24, 2.45) is 0 Å². The van der Waals surface area contributed by atoms with E-state index in [-0.39, 0.29) is 16.8 Å². The van der Waals surface area contributed by atoms with Gasteiger partial charge in [-0.25, -0.2) is 0 Å². The maximum Gasteiger partial charge on any atom is 0.496 e. The van der Waals surface area contributed by atoms with E-state index in [2.05, 4.69) is 10.3 Å². The second-order valence-electron chi connectivity index (χ2n) is 5.88. The lowest BCUT2D eigenvalue weighted by molar-refractivity contribution is 0.00578. The largest absolute Gasteiger partial charge is 0.496 e. The molecule has 5 nitrogen and oxygen atoms in total. The molecule has 0 amide bonds.